The monoisotopic (exact) mass is 157 g/mol. The molecule has 1 fully saturated rings. The quantitative estimate of drug-likeness (QED) is 0.629. The lowest BCUT2D eigenvalue weighted by Gasteiger charge is -2.14. The Kier molecular flexibility index (Phi) is 3.87. The van der Waals surface area contributed by atoms with E-state index in [2.05, 4.69) is 5.32 Å². The van der Waals surface area contributed by atoms with Crippen LogP contribution in [0, 0.1) is 5.92 Å². The standard InChI is InChI=1S/C9H19NO/c1-3-11-7-9(10-2)6-8-4-5-8/h8-10H,3-7H2,1-2H3. The largest absolute Gasteiger partial charge is 0.380 e. The Balaban J connectivity index is 2.02. The molecule has 0 aromatic carbocycles. The van der Waals surface area contributed by atoms with Crippen LogP contribution in [0.4, 0.5) is 0 Å². The molecule has 0 aromatic heterocycles. The van der Waals surface area contributed by atoms with E-state index in [0.717, 1.165) is 19.1 Å². The molecule has 2 nitrogen and oxygen atoms in total. The van der Waals surface area contributed by atoms with Crippen molar-refractivity contribution in [2.75, 3.05) is 20.3 Å². The Morgan fingerprint density at radius 1 is 1.55 bits per heavy atom. The predicted molar refractivity (Wildman–Crippen MR) is 46.7 cm³/mol. The van der Waals surface area contributed by atoms with Crippen LogP contribution in [-0.4, -0.2) is 26.3 Å². The summed E-state index contributed by atoms with van der Waals surface area (Å²) in [7, 11) is 2.02. The van der Waals surface area contributed by atoms with Gasteiger partial charge in [-0.3, -0.25) is 0 Å². The molecule has 0 amide bonds. The normalized spacial score (nSPS) is 20.2. The molecule has 11 heavy (non-hydrogen) atoms. The van der Waals surface area contributed by atoms with Gasteiger partial charge in [-0.25, -0.2) is 0 Å². The SMILES string of the molecule is CCOCC(CC1CC1)NC. The Morgan fingerprint density at radius 2 is 2.27 bits per heavy atom. The fourth-order valence-corrected chi connectivity index (χ4v) is 1.29. The van der Waals surface area contributed by atoms with Gasteiger partial charge in [-0.2, -0.15) is 0 Å². The highest BCUT2D eigenvalue weighted by Crippen LogP contribution is 2.33. The first kappa shape index (κ1) is 9.01. The second kappa shape index (κ2) is 4.73. The molecule has 0 aliphatic heterocycles. The summed E-state index contributed by atoms with van der Waals surface area (Å²) >= 11 is 0. The summed E-state index contributed by atoms with van der Waals surface area (Å²) in [5.41, 5.74) is 0. The van der Waals surface area contributed by atoms with Gasteiger partial charge in [0.25, 0.3) is 0 Å². The van der Waals surface area contributed by atoms with Gasteiger partial charge >= 0.3 is 0 Å². The van der Waals surface area contributed by atoms with Gasteiger partial charge in [0.05, 0.1) is 6.61 Å². The zero-order valence-corrected chi connectivity index (χ0v) is 7.60. The molecule has 1 aliphatic carbocycles. The maximum absolute atomic E-state index is 5.35. The summed E-state index contributed by atoms with van der Waals surface area (Å²) in [5.74, 6) is 0.993. The Hall–Kier alpha value is -0.0800. The molecule has 1 saturated carbocycles. The van der Waals surface area contributed by atoms with Crippen molar-refractivity contribution in [1.29, 1.82) is 0 Å². The third-order valence-corrected chi connectivity index (χ3v) is 2.25. The van der Waals surface area contributed by atoms with E-state index in [9.17, 15) is 0 Å². The van der Waals surface area contributed by atoms with Gasteiger partial charge in [0.15, 0.2) is 0 Å². The van der Waals surface area contributed by atoms with E-state index in [1.165, 1.54) is 19.3 Å². The zero-order valence-electron chi connectivity index (χ0n) is 7.60. The first-order valence-corrected chi connectivity index (χ1v) is 4.61. The molecule has 0 saturated heterocycles. The number of hydrogen-bond acceptors (Lipinski definition) is 2. The molecule has 1 rings (SSSR count). The van der Waals surface area contributed by atoms with Crippen LogP contribution in [0.25, 0.3) is 0 Å². The summed E-state index contributed by atoms with van der Waals surface area (Å²) in [5, 5.41) is 3.28. The molecular weight excluding hydrogens is 138 g/mol. The van der Waals surface area contributed by atoms with Crippen LogP contribution in [0.2, 0.25) is 0 Å². The van der Waals surface area contributed by atoms with E-state index in [-0.39, 0.29) is 0 Å². The van der Waals surface area contributed by atoms with Crippen molar-refractivity contribution in [3.8, 4) is 0 Å². The van der Waals surface area contributed by atoms with Crippen molar-refractivity contribution < 1.29 is 4.74 Å². The van der Waals surface area contributed by atoms with Gasteiger partial charge in [-0.05, 0) is 26.3 Å². The molecule has 1 atom stereocenters. The van der Waals surface area contributed by atoms with E-state index in [1.807, 2.05) is 14.0 Å². The number of hydrogen-bond donors (Lipinski definition) is 1. The third kappa shape index (κ3) is 3.73. The highest BCUT2D eigenvalue weighted by atomic mass is 16.5. The molecular formula is C9H19NO. The lowest BCUT2D eigenvalue weighted by atomic mass is 10.1. The minimum atomic E-state index is 0.586. The highest BCUT2D eigenvalue weighted by molar-refractivity contribution is 4.79. The summed E-state index contributed by atoms with van der Waals surface area (Å²) in [4.78, 5) is 0. The van der Waals surface area contributed by atoms with E-state index in [4.69, 9.17) is 4.74 Å². The Bertz CT molecular complexity index is 102. The van der Waals surface area contributed by atoms with Crippen LogP contribution in [0.1, 0.15) is 26.2 Å². The van der Waals surface area contributed by atoms with Gasteiger partial charge in [0.1, 0.15) is 0 Å². The van der Waals surface area contributed by atoms with Crippen LogP contribution >= 0.6 is 0 Å². The Labute approximate surface area is 69.3 Å². The minimum Gasteiger partial charge on any atom is -0.380 e. The molecule has 0 spiro atoms. The van der Waals surface area contributed by atoms with Crippen LogP contribution in [0.3, 0.4) is 0 Å². The molecule has 1 unspecified atom stereocenters. The average molecular weight is 157 g/mol. The zero-order chi connectivity index (χ0) is 8.10. The molecule has 2 heteroatoms. The molecule has 0 aromatic rings. The lowest BCUT2D eigenvalue weighted by Crippen LogP contribution is -2.30. The Morgan fingerprint density at radius 3 is 2.73 bits per heavy atom. The molecule has 66 valence electrons. The number of nitrogens with one attached hydrogen (secondary N) is 1. The third-order valence-electron chi connectivity index (χ3n) is 2.25. The molecule has 0 heterocycles. The van der Waals surface area contributed by atoms with Gasteiger partial charge in [-0.15, -0.1) is 0 Å². The number of rotatable bonds is 6. The van der Waals surface area contributed by atoms with Crippen molar-refractivity contribution in [2.45, 2.75) is 32.2 Å². The van der Waals surface area contributed by atoms with Crippen LogP contribution in [0.5, 0.6) is 0 Å². The van der Waals surface area contributed by atoms with Crippen LogP contribution in [0.15, 0.2) is 0 Å². The molecule has 0 bridgehead atoms. The maximum atomic E-state index is 5.35. The van der Waals surface area contributed by atoms with Crippen LogP contribution in [-0.2, 0) is 4.74 Å². The molecule has 0 radical (unpaired) electrons. The summed E-state index contributed by atoms with van der Waals surface area (Å²) in [6.45, 7) is 3.76. The number of ether oxygens (including phenoxy) is 1. The topological polar surface area (TPSA) is 21.3 Å². The average Bonchev–Trinajstić information content (AvgIpc) is 2.81. The van der Waals surface area contributed by atoms with E-state index in [0.29, 0.717) is 6.04 Å². The van der Waals surface area contributed by atoms with E-state index in [1.54, 1.807) is 0 Å². The first-order valence-electron chi connectivity index (χ1n) is 4.61. The second-order valence-corrected chi connectivity index (χ2v) is 3.32. The van der Waals surface area contributed by atoms with Crippen molar-refractivity contribution in [3.05, 3.63) is 0 Å². The number of likely N-dealkylation sites (N-methyl/N-ethyl adjacent to an activating group) is 1. The summed E-state index contributed by atoms with van der Waals surface area (Å²) < 4.78 is 5.35. The molecule has 1 N–H and O–H groups in total. The van der Waals surface area contributed by atoms with Gasteiger partial charge in [-0.1, -0.05) is 12.8 Å². The summed E-state index contributed by atoms with van der Waals surface area (Å²) in [6, 6.07) is 0.586. The fourth-order valence-electron chi connectivity index (χ4n) is 1.29. The van der Waals surface area contributed by atoms with Crippen LogP contribution < -0.4 is 5.32 Å². The van der Waals surface area contributed by atoms with E-state index < -0.39 is 0 Å². The van der Waals surface area contributed by atoms with Crippen molar-refractivity contribution in [1.82, 2.24) is 5.32 Å². The van der Waals surface area contributed by atoms with Crippen molar-refractivity contribution in [3.63, 3.8) is 0 Å². The second-order valence-electron chi connectivity index (χ2n) is 3.32. The lowest BCUT2D eigenvalue weighted by molar-refractivity contribution is 0.121. The van der Waals surface area contributed by atoms with Gasteiger partial charge < -0.3 is 10.1 Å². The maximum Gasteiger partial charge on any atom is 0.0619 e. The fraction of sp³-hybridized carbons (Fsp3) is 1.00. The summed E-state index contributed by atoms with van der Waals surface area (Å²) in [6.07, 6.45) is 4.17. The molecule has 1 aliphatic rings. The highest BCUT2D eigenvalue weighted by Gasteiger charge is 2.24. The first-order chi connectivity index (χ1) is 5.36. The van der Waals surface area contributed by atoms with Gasteiger partial charge in [0, 0.05) is 12.6 Å². The van der Waals surface area contributed by atoms with Crippen molar-refractivity contribution in [2.24, 2.45) is 5.92 Å². The van der Waals surface area contributed by atoms with Gasteiger partial charge in [0.2, 0.25) is 0 Å². The van der Waals surface area contributed by atoms with Crippen molar-refractivity contribution >= 4 is 0 Å². The predicted octanol–water partition coefficient (Wildman–Crippen LogP) is 1.41. The minimum absolute atomic E-state index is 0.586. The smallest absolute Gasteiger partial charge is 0.0619 e. The van der Waals surface area contributed by atoms with E-state index >= 15 is 0 Å².